The van der Waals surface area contributed by atoms with E-state index < -0.39 is 40.8 Å². The Hall–Kier alpha value is -4.96. The van der Waals surface area contributed by atoms with E-state index in [1.54, 1.807) is 26.2 Å². The van der Waals surface area contributed by atoms with Crippen LogP contribution in [-0.4, -0.2) is 71.1 Å². The summed E-state index contributed by atoms with van der Waals surface area (Å²) in [5.41, 5.74) is 2.93. The van der Waals surface area contributed by atoms with Crippen molar-refractivity contribution in [3.63, 3.8) is 0 Å². The third-order valence-corrected chi connectivity index (χ3v) is 9.06. The number of ether oxygens (including phenoxy) is 3. The van der Waals surface area contributed by atoms with Crippen LogP contribution in [0.3, 0.4) is 0 Å². The highest BCUT2D eigenvalue weighted by Crippen LogP contribution is 2.38. The molecule has 1 aliphatic heterocycles. The van der Waals surface area contributed by atoms with Crippen molar-refractivity contribution < 1.29 is 38.2 Å². The lowest BCUT2D eigenvalue weighted by Crippen LogP contribution is -2.65. The number of methoxy groups -OCH3 is 1. The first kappa shape index (κ1) is 36.9. The van der Waals surface area contributed by atoms with Crippen LogP contribution in [-0.2, 0) is 9.53 Å². The molecule has 0 spiro atoms. The van der Waals surface area contributed by atoms with E-state index in [2.05, 4.69) is 25.1 Å². The number of carbonyl (C=O) groups excluding carboxylic acids is 2. The number of fused-ring (bicyclic) bond motifs is 1. The molecular formula is C39H48N3O7+. The third kappa shape index (κ3) is 8.75. The van der Waals surface area contributed by atoms with Gasteiger partial charge in [-0.1, -0.05) is 68.0 Å². The molecule has 2 aromatic carbocycles. The molecule has 3 aromatic rings. The van der Waals surface area contributed by atoms with Gasteiger partial charge in [0.05, 0.1) is 24.9 Å². The first-order chi connectivity index (χ1) is 23.7. The first-order valence-electron chi connectivity index (χ1n) is 16.9. The zero-order valence-electron chi connectivity index (χ0n) is 28.6. The number of likely N-dealkylation sites (tertiary alicyclic amines) is 1. The summed E-state index contributed by atoms with van der Waals surface area (Å²) in [6.07, 6.45) is 7.58. The van der Waals surface area contributed by atoms with Crippen molar-refractivity contribution >= 4 is 35.1 Å². The molecule has 0 aliphatic carbocycles. The van der Waals surface area contributed by atoms with Crippen LogP contribution in [0.5, 0.6) is 11.5 Å². The minimum absolute atomic E-state index is 0.118. The molecule has 260 valence electrons. The van der Waals surface area contributed by atoms with Gasteiger partial charge in [0, 0.05) is 35.1 Å². The molecule has 2 N–H and O–H groups in total. The van der Waals surface area contributed by atoms with E-state index in [-0.39, 0.29) is 19.6 Å². The van der Waals surface area contributed by atoms with Crippen molar-refractivity contribution in [2.24, 2.45) is 0 Å². The van der Waals surface area contributed by atoms with Crippen molar-refractivity contribution in [2.75, 3.05) is 20.3 Å². The number of carbonyl (C=O) groups is 3. The zero-order chi connectivity index (χ0) is 35.4. The summed E-state index contributed by atoms with van der Waals surface area (Å²) in [5.74, 6) is 0.515. The molecule has 4 rings (SSSR count). The molecule has 49 heavy (non-hydrogen) atoms. The number of hydrogen-bond donors (Lipinski definition) is 2. The van der Waals surface area contributed by atoms with Gasteiger partial charge in [0.1, 0.15) is 30.1 Å². The average Bonchev–Trinajstić information content (AvgIpc) is 3.45. The number of unbranched alkanes of at least 4 members (excludes halogenated alkanes) is 4. The van der Waals surface area contributed by atoms with Crippen molar-refractivity contribution in [1.29, 1.82) is 0 Å². The summed E-state index contributed by atoms with van der Waals surface area (Å²) >= 11 is 0. The molecule has 0 radical (unpaired) electrons. The van der Waals surface area contributed by atoms with Gasteiger partial charge in [-0.2, -0.15) is 9.28 Å². The van der Waals surface area contributed by atoms with Crippen molar-refractivity contribution in [2.45, 2.75) is 76.5 Å². The van der Waals surface area contributed by atoms with Crippen LogP contribution in [0.2, 0.25) is 0 Å². The third-order valence-electron chi connectivity index (χ3n) is 9.06. The number of nitrogens with zero attached hydrogens (tertiary/aromatic N) is 2. The van der Waals surface area contributed by atoms with Gasteiger partial charge in [0.25, 0.3) is 0 Å². The SMILES string of the molecule is C=CCCCCC[C@H](NC(=O)OCCCC=C)C(=O)[N+]1(C(=O)O)C[C@H](Oc2cc(-c3ccccc3)nc3cc(OC)c(C=C)cc23)CC1C. The Bertz CT molecular complexity index is 1660. The Morgan fingerprint density at radius 2 is 1.76 bits per heavy atom. The summed E-state index contributed by atoms with van der Waals surface area (Å²) in [4.78, 5) is 45.1. The maximum atomic E-state index is 14.4. The van der Waals surface area contributed by atoms with Crippen molar-refractivity contribution in [3.8, 4) is 22.8 Å². The summed E-state index contributed by atoms with van der Waals surface area (Å²) in [6.45, 7) is 13.1. The number of aromatic nitrogens is 1. The monoisotopic (exact) mass is 670 g/mol. The predicted octanol–water partition coefficient (Wildman–Crippen LogP) is 8.31. The number of alkyl carbamates (subject to hydrolysis) is 1. The van der Waals surface area contributed by atoms with E-state index >= 15 is 0 Å². The van der Waals surface area contributed by atoms with Crippen LogP contribution in [0.15, 0.2) is 80.4 Å². The minimum atomic E-state index is -1.29. The maximum absolute atomic E-state index is 14.4. The molecule has 1 aromatic heterocycles. The highest BCUT2D eigenvalue weighted by molar-refractivity contribution is 5.91. The standard InChI is InChI=1S/C39H47N3O7/c1-6-9-11-12-16-20-32(41-38(44)48-21-17-10-7-2)37(43)42(39(45)46)26-30(22-27(42)4)49-36-24-33(29-18-14-13-15-19-29)40-34-25-35(47-5)28(8-3)23-31(34)36/h6-8,13-15,18-19,23-25,27,30,32H,1-3,9-12,16-17,20-22,26H2,4-5H3,(H-,41,44,45,46)/p+1/t27?,30-,32+,42?/m1/s1. The van der Waals surface area contributed by atoms with Crippen LogP contribution in [0.25, 0.3) is 28.2 Å². The van der Waals surface area contributed by atoms with E-state index in [1.165, 1.54) is 0 Å². The van der Waals surface area contributed by atoms with Gasteiger partial charge in [-0.3, -0.25) is 0 Å². The number of rotatable bonds is 17. The van der Waals surface area contributed by atoms with Crippen LogP contribution in [0, 0.1) is 0 Å². The Morgan fingerprint density at radius 1 is 1.02 bits per heavy atom. The normalized spacial score (nSPS) is 19.1. The Labute approximate surface area is 288 Å². The summed E-state index contributed by atoms with van der Waals surface area (Å²) in [6, 6.07) is 13.5. The minimum Gasteiger partial charge on any atom is -0.496 e. The van der Waals surface area contributed by atoms with Gasteiger partial charge < -0.3 is 24.6 Å². The van der Waals surface area contributed by atoms with E-state index in [1.807, 2.05) is 54.6 Å². The van der Waals surface area contributed by atoms with Crippen LogP contribution in [0.4, 0.5) is 9.59 Å². The maximum Gasteiger partial charge on any atom is 0.521 e. The van der Waals surface area contributed by atoms with Gasteiger partial charge in [-0.15, -0.1) is 13.2 Å². The van der Waals surface area contributed by atoms with Crippen LogP contribution in [0.1, 0.15) is 63.9 Å². The number of pyridine rings is 1. The smallest absolute Gasteiger partial charge is 0.496 e. The molecule has 1 saturated heterocycles. The lowest BCUT2D eigenvalue weighted by Gasteiger charge is -2.32. The fraction of sp³-hybridized carbons (Fsp3) is 0.385. The second-order valence-electron chi connectivity index (χ2n) is 12.4. The lowest BCUT2D eigenvalue weighted by molar-refractivity contribution is -0.794. The molecule has 10 heteroatoms. The highest BCUT2D eigenvalue weighted by atomic mass is 16.5. The van der Waals surface area contributed by atoms with Gasteiger partial charge in [0.15, 0.2) is 6.10 Å². The number of amides is 3. The molecule has 0 bridgehead atoms. The molecule has 1 aliphatic rings. The van der Waals surface area contributed by atoms with Crippen LogP contribution < -0.4 is 14.8 Å². The van der Waals surface area contributed by atoms with Crippen molar-refractivity contribution in [3.05, 3.63) is 86.0 Å². The molecular weight excluding hydrogens is 622 g/mol. The van der Waals surface area contributed by atoms with Gasteiger partial charge >= 0.3 is 18.1 Å². The highest BCUT2D eigenvalue weighted by Gasteiger charge is 2.59. The predicted molar refractivity (Wildman–Crippen MR) is 191 cm³/mol. The van der Waals surface area contributed by atoms with Crippen LogP contribution >= 0.6 is 0 Å². The number of benzene rings is 2. The molecule has 2 unspecified atom stereocenters. The molecule has 2 heterocycles. The molecule has 3 amide bonds. The lowest BCUT2D eigenvalue weighted by atomic mass is 10.0. The Morgan fingerprint density at radius 3 is 2.43 bits per heavy atom. The van der Waals surface area contributed by atoms with E-state index in [9.17, 15) is 19.5 Å². The second kappa shape index (κ2) is 17.4. The fourth-order valence-electron chi connectivity index (χ4n) is 6.43. The largest absolute Gasteiger partial charge is 0.521 e. The summed E-state index contributed by atoms with van der Waals surface area (Å²) in [5, 5.41) is 14.1. The van der Waals surface area contributed by atoms with E-state index in [4.69, 9.17) is 19.2 Å². The Kier molecular flexibility index (Phi) is 13.1. The zero-order valence-corrected chi connectivity index (χ0v) is 28.6. The van der Waals surface area contributed by atoms with Crippen molar-refractivity contribution in [1.82, 2.24) is 10.3 Å². The summed E-state index contributed by atoms with van der Waals surface area (Å²) in [7, 11) is 1.58. The molecule has 4 atom stereocenters. The van der Waals surface area contributed by atoms with Gasteiger partial charge in [0.2, 0.25) is 0 Å². The number of allylic oxidation sites excluding steroid dienone is 2. The van der Waals surface area contributed by atoms with Gasteiger partial charge in [-0.05, 0) is 45.1 Å². The fourth-order valence-corrected chi connectivity index (χ4v) is 6.43. The number of carboxylic acid groups (broad SMARTS) is 1. The van der Waals surface area contributed by atoms with E-state index in [0.29, 0.717) is 53.8 Å². The Balaban J connectivity index is 1.66. The number of nitrogens with one attached hydrogen (secondary N) is 1. The second-order valence-corrected chi connectivity index (χ2v) is 12.4. The number of hydrogen-bond acceptors (Lipinski definition) is 7. The summed E-state index contributed by atoms with van der Waals surface area (Å²) < 4.78 is 16.7. The molecule has 10 nitrogen and oxygen atoms in total. The number of quaternary nitrogens is 1. The molecule has 1 fully saturated rings. The average molecular weight is 671 g/mol. The van der Waals surface area contributed by atoms with Gasteiger partial charge in [-0.25, -0.2) is 14.6 Å². The number of imide groups is 1. The quantitative estimate of drug-likeness (QED) is 0.0835. The van der Waals surface area contributed by atoms with E-state index in [0.717, 1.165) is 30.4 Å². The first-order valence-corrected chi connectivity index (χ1v) is 16.9. The topological polar surface area (TPSA) is 124 Å². The molecule has 0 saturated carbocycles.